The highest BCUT2D eigenvalue weighted by Gasteiger charge is 2.33. The largest absolute Gasteiger partial charge is 0.333 e. The first-order valence-corrected chi connectivity index (χ1v) is 6.01. The van der Waals surface area contributed by atoms with Crippen molar-refractivity contribution in [2.24, 2.45) is 11.1 Å². The quantitative estimate of drug-likeness (QED) is 0.804. The van der Waals surface area contributed by atoms with Crippen molar-refractivity contribution in [2.45, 2.75) is 39.9 Å². The minimum Gasteiger partial charge on any atom is -0.333 e. The average Bonchev–Trinajstić information content (AvgIpc) is 2.69. The first kappa shape index (κ1) is 12.1. The maximum Gasteiger partial charge on any atom is 0.240 e. The highest BCUT2D eigenvalue weighted by Crippen LogP contribution is 2.26. The third-order valence-electron chi connectivity index (χ3n) is 3.35. The van der Waals surface area contributed by atoms with E-state index >= 15 is 0 Å². The molecular formula is C14H20N2O. The van der Waals surface area contributed by atoms with Gasteiger partial charge in [0.25, 0.3) is 0 Å². The van der Waals surface area contributed by atoms with Crippen LogP contribution in [-0.4, -0.2) is 16.8 Å². The molecule has 1 aromatic rings. The monoisotopic (exact) mass is 232 g/mol. The Labute approximate surface area is 103 Å². The molecule has 1 atom stereocenters. The topological polar surface area (TPSA) is 46.3 Å². The number of hydrogen-bond donors (Lipinski definition) is 1. The summed E-state index contributed by atoms with van der Waals surface area (Å²) in [5.74, 6) is 0.0497. The number of carbonyl (C=O) groups excluding carboxylic acids is 1. The Morgan fingerprint density at radius 1 is 1.24 bits per heavy atom. The van der Waals surface area contributed by atoms with E-state index in [9.17, 15) is 4.79 Å². The van der Waals surface area contributed by atoms with Crippen LogP contribution in [-0.2, 0) is 17.9 Å². The number of nitrogens with zero attached hydrogens (tertiary/aromatic N) is 1. The van der Waals surface area contributed by atoms with E-state index in [1.807, 2.05) is 37.8 Å². The van der Waals surface area contributed by atoms with Gasteiger partial charge in [-0.15, -0.1) is 0 Å². The lowest BCUT2D eigenvalue weighted by molar-refractivity contribution is -0.135. The van der Waals surface area contributed by atoms with Gasteiger partial charge in [0.15, 0.2) is 0 Å². The summed E-state index contributed by atoms with van der Waals surface area (Å²) in [4.78, 5) is 14.1. The van der Waals surface area contributed by atoms with E-state index in [2.05, 4.69) is 12.1 Å². The Bertz CT molecular complexity index is 409. The van der Waals surface area contributed by atoms with Crippen molar-refractivity contribution >= 4 is 5.91 Å². The minimum atomic E-state index is -0.434. The molecule has 1 aliphatic heterocycles. The Morgan fingerprint density at radius 3 is 2.12 bits per heavy atom. The van der Waals surface area contributed by atoms with Crippen molar-refractivity contribution in [3.8, 4) is 0 Å². The van der Waals surface area contributed by atoms with Gasteiger partial charge in [-0.25, -0.2) is 0 Å². The molecule has 1 aromatic carbocycles. The Morgan fingerprint density at radius 2 is 1.71 bits per heavy atom. The van der Waals surface area contributed by atoms with Crippen LogP contribution in [0.1, 0.15) is 31.9 Å². The van der Waals surface area contributed by atoms with E-state index in [0.717, 1.165) is 0 Å². The molecule has 3 nitrogen and oxygen atoms in total. The highest BCUT2D eigenvalue weighted by molar-refractivity contribution is 5.83. The van der Waals surface area contributed by atoms with E-state index < -0.39 is 6.04 Å². The molecule has 0 aliphatic carbocycles. The summed E-state index contributed by atoms with van der Waals surface area (Å²) in [5.41, 5.74) is 8.30. The standard InChI is InChI=1S/C14H20N2O/c1-14(2,3)12(15)13(17)16-8-10-6-4-5-7-11(10)9-16/h4-7,12H,8-9,15H2,1-3H3. The van der Waals surface area contributed by atoms with Gasteiger partial charge < -0.3 is 10.6 Å². The fourth-order valence-electron chi connectivity index (χ4n) is 2.06. The summed E-state index contributed by atoms with van der Waals surface area (Å²) in [6.07, 6.45) is 0. The maximum atomic E-state index is 12.3. The molecule has 0 radical (unpaired) electrons. The first-order chi connectivity index (χ1) is 7.89. The zero-order valence-electron chi connectivity index (χ0n) is 10.7. The SMILES string of the molecule is CC(C)(C)C(N)C(=O)N1Cc2ccccc2C1. The molecular weight excluding hydrogens is 212 g/mol. The predicted octanol–water partition coefficient (Wildman–Crippen LogP) is 1.90. The summed E-state index contributed by atoms with van der Waals surface area (Å²) in [7, 11) is 0. The number of carbonyl (C=O) groups is 1. The molecule has 0 saturated heterocycles. The van der Waals surface area contributed by atoms with E-state index in [1.54, 1.807) is 0 Å². The van der Waals surface area contributed by atoms with Crippen LogP contribution in [0.25, 0.3) is 0 Å². The first-order valence-electron chi connectivity index (χ1n) is 6.01. The average molecular weight is 232 g/mol. The molecule has 0 saturated carbocycles. The van der Waals surface area contributed by atoms with Crippen LogP contribution in [0.2, 0.25) is 0 Å². The van der Waals surface area contributed by atoms with Gasteiger partial charge in [0, 0.05) is 13.1 Å². The van der Waals surface area contributed by atoms with Crippen LogP contribution in [0.3, 0.4) is 0 Å². The molecule has 3 heteroatoms. The van der Waals surface area contributed by atoms with Crippen molar-refractivity contribution in [3.63, 3.8) is 0 Å². The van der Waals surface area contributed by atoms with Crippen molar-refractivity contribution in [2.75, 3.05) is 0 Å². The minimum absolute atomic E-state index is 0.0497. The summed E-state index contributed by atoms with van der Waals surface area (Å²) in [6.45, 7) is 7.38. The number of benzene rings is 1. The van der Waals surface area contributed by atoms with Crippen LogP contribution in [0, 0.1) is 5.41 Å². The Kier molecular flexibility index (Phi) is 2.96. The molecule has 1 aliphatic rings. The molecule has 2 rings (SSSR count). The highest BCUT2D eigenvalue weighted by atomic mass is 16.2. The van der Waals surface area contributed by atoms with Crippen LogP contribution in [0.5, 0.6) is 0 Å². The second kappa shape index (κ2) is 4.15. The van der Waals surface area contributed by atoms with Crippen molar-refractivity contribution in [1.29, 1.82) is 0 Å². The Hall–Kier alpha value is -1.35. The van der Waals surface area contributed by atoms with Gasteiger partial charge in [-0.2, -0.15) is 0 Å². The fraction of sp³-hybridized carbons (Fsp3) is 0.500. The van der Waals surface area contributed by atoms with Gasteiger partial charge in [0.1, 0.15) is 0 Å². The molecule has 2 N–H and O–H groups in total. The number of amides is 1. The van der Waals surface area contributed by atoms with Gasteiger partial charge in [0.05, 0.1) is 6.04 Å². The molecule has 1 amide bonds. The van der Waals surface area contributed by atoms with Gasteiger partial charge >= 0.3 is 0 Å². The van der Waals surface area contributed by atoms with Crippen molar-refractivity contribution in [1.82, 2.24) is 4.90 Å². The molecule has 17 heavy (non-hydrogen) atoms. The molecule has 92 valence electrons. The number of fused-ring (bicyclic) bond motifs is 1. The molecule has 1 unspecified atom stereocenters. The van der Waals surface area contributed by atoms with Gasteiger partial charge in [-0.3, -0.25) is 4.79 Å². The summed E-state index contributed by atoms with van der Waals surface area (Å²) < 4.78 is 0. The molecule has 0 spiro atoms. The lowest BCUT2D eigenvalue weighted by atomic mass is 9.86. The zero-order chi connectivity index (χ0) is 12.6. The van der Waals surface area contributed by atoms with Gasteiger partial charge in [-0.05, 0) is 16.5 Å². The van der Waals surface area contributed by atoms with Crippen LogP contribution in [0.4, 0.5) is 0 Å². The predicted molar refractivity (Wildman–Crippen MR) is 68.1 cm³/mol. The fourth-order valence-corrected chi connectivity index (χ4v) is 2.06. The smallest absolute Gasteiger partial charge is 0.240 e. The van der Waals surface area contributed by atoms with Crippen LogP contribution >= 0.6 is 0 Å². The van der Waals surface area contributed by atoms with E-state index in [4.69, 9.17) is 5.73 Å². The third kappa shape index (κ3) is 2.34. The van der Waals surface area contributed by atoms with E-state index in [-0.39, 0.29) is 11.3 Å². The van der Waals surface area contributed by atoms with E-state index in [0.29, 0.717) is 13.1 Å². The van der Waals surface area contributed by atoms with Crippen molar-refractivity contribution in [3.05, 3.63) is 35.4 Å². The summed E-state index contributed by atoms with van der Waals surface area (Å²) in [6, 6.07) is 7.74. The molecule has 0 fully saturated rings. The summed E-state index contributed by atoms with van der Waals surface area (Å²) in [5, 5.41) is 0. The molecule has 1 heterocycles. The lowest BCUT2D eigenvalue weighted by Crippen LogP contribution is -2.48. The number of hydrogen-bond acceptors (Lipinski definition) is 2. The maximum absolute atomic E-state index is 12.3. The molecule has 0 bridgehead atoms. The molecule has 0 aromatic heterocycles. The Balaban J connectivity index is 2.11. The zero-order valence-corrected chi connectivity index (χ0v) is 10.7. The second-order valence-corrected chi connectivity index (χ2v) is 5.81. The normalized spacial score (nSPS) is 16.8. The summed E-state index contributed by atoms with van der Waals surface area (Å²) >= 11 is 0. The van der Waals surface area contributed by atoms with Crippen LogP contribution < -0.4 is 5.73 Å². The lowest BCUT2D eigenvalue weighted by Gasteiger charge is -2.29. The van der Waals surface area contributed by atoms with Crippen LogP contribution in [0.15, 0.2) is 24.3 Å². The van der Waals surface area contributed by atoms with E-state index in [1.165, 1.54) is 11.1 Å². The van der Waals surface area contributed by atoms with Gasteiger partial charge in [0.2, 0.25) is 5.91 Å². The van der Waals surface area contributed by atoms with Crippen molar-refractivity contribution < 1.29 is 4.79 Å². The van der Waals surface area contributed by atoms with Gasteiger partial charge in [-0.1, -0.05) is 45.0 Å². The third-order valence-corrected chi connectivity index (χ3v) is 3.35. The number of rotatable bonds is 1. The number of nitrogens with two attached hydrogens (primary N) is 1. The second-order valence-electron chi connectivity index (χ2n) is 5.81.